The largest absolute Gasteiger partial charge is 0.497 e. The second-order valence-corrected chi connectivity index (χ2v) is 4.06. The molecular formula is C13H15N5O. The predicted molar refractivity (Wildman–Crippen MR) is 72.7 cm³/mol. The Morgan fingerprint density at radius 1 is 1.53 bits per heavy atom. The molecule has 6 nitrogen and oxygen atoms in total. The topological polar surface area (TPSA) is 88.9 Å². The summed E-state index contributed by atoms with van der Waals surface area (Å²) in [5.41, 5.74) is 8.02. The molecule has 0 radical (unpaired) electrons. The van der Waals surface area contributed by atoms with E-state index in [4.69, 9.17) is 15.7 Å². The van der Waals surface area contributed by atoms with Gasteiger partial charge in [0.25, 0.3) is 0 Å². The molecule has 1 heterocycles. The Bertz CT molecular complexity index is 626. The molecule has 0 unspecified atom stereocenters. The number of anilines is 2. The average Bonchev–Trinajstić information content (AvgIpc) is 2.76. The number of nitriles is 1. The van der Waals surface area contributed by atoms with Gasteiger partial charge in [-0.15, -0.1) is 0 Å². The van der Waals surface area contributed by atoms with Crippen LogP contribution in [0.25, 0.3) is 0 Å². The first-order valence-corrected chi connectivity index (χ1v) is 5.74. The van der Waals surface area contributed by atoms with Gasteiger partial charge in [0.1, 0.15) is 17.6 Å². The number of nitrogens with zero attached hydrogens (tertiary/aromatic N) is 3. The third-order valence-electron chi connectivity index (χ3n) is 2.88. The Morgan fingerprint density at radius 3 is 2.89 bits per heavy atom. The smallest absolute Gasteiger partial charge is 0.126 e. The number of aryl methyl sites for hydroxylation is 1. The number of benzene rings is 1. The molecule has 19 heavy (non-hydrogen) atoms. The van der Waals surface area contributed by atoms with Crippen LogP contribution in [0.3, 0.4) is 0 Å². The quantitative estimate of drug-likeness (QED) is 0.866. The number of ether oxygens (including phenoxy) is 1. The molecule has 2 aromatic rings. The number of hydrogen-bond donors (Lipinski definition) is 2. The Balaban J connectivity index is 2.19. The number of methoxy groups -OCH3 is 1. The molecule has 0 bridgehead atoms. The van der Waals surface area contributed by atoms with Crippen molar-refractivity contribution in [1.82, 2.24) is 9.78 Å². The number of rotatable bonds is 4. The van der Waals surface area contributed by atoms with Gasteiger partial charge in [-0.25, -0.2) is 0 Å². The molecule has 3 N–H and O–H groups in total. The molecule has 0 saturated heterocycles. The summed E-state index contributed by atoms with van der Waals surface area (Å²) in [6.07, 6.45) is 1.70. The molecule has 1 aromatic carbocycles. The Hall–Kier alpha value is -2.68. The molecule has 0 fully saturated rings. The van der Waals surface area contributed by atoms with E-state index in [2.05, 4.69) is 16.5 Å². The summed E-state index contributed by atoms with van der Waals surface area (Å²) in [5, 5.41) is 16.3. The van der Waals surface area contributed by atoms with Crippen LogP contribution in [0.15, 0.2) is 24.4 Å². The highest BCUT2D eigenvalue weighted by atomic mass is 16.5. The summed E-state index contributed by atoms with van der Waals surface area (Å²) in [6, 6.07) is 7.38. The summed E-state index contributed by atoms with van der Waals surface area (Å²) >= 11 is 0. The zero-order valence-corrected chi connectivity index (χ0v) is 10.8. The van der Waals surface area contributed by atoms with Gasteiger partial charge in [-0.3, -0.25) is 4.68 Å². The summed E-state index contributed by atoms with van der Waals surface area (Å²) < 4.78 is 6.75. The highest BCUT2D eigenvalue weighted by Gasteiger charge is 2.07. The minimum atomic E-state index is 0.502. The highest BCUT2D eigenvalue weighted by molar-refractivity contribution is 5.61. The van der Waals surface area contributed by atoms with E-state index in [1.165, 1.54) is 0 Å². The van der Waals surface area contributed by atoms with Crippen LogP contribution in [0.2, 0.25) is 0 Å². The minimum absolute atomic E-state index is 0.502. The van der Waals surface area contributed by atoms with Crippen molar-refractivity contribution < 1.29 is 4.74 Å². The fourth-order valence-electron chi connectivity index (χ4n) is 1.71. The Morgan fingerprint density at radius 2 is 2.32 bits per heavy atom. The van der Waals surface area contributed by atoms with Crippen molar-refractivity contribution in [2.45, 2.75) is 6.54 Å². The van der Waals surface area contributed by atoms with E-state index in [1.807, 2.05) is 0 Å². The van der Waals surface area contributed by atoms with Crippen LogP contribution in [0.5, 0.6) is 5.75 Å². The zero-order chi connectivity index (χ0) is 13.8. The molecule has 2 rings (SSSR count). The van der Waals surface area contributed by atoms with Crippen LogP contribution in [-0.2, 0) is 13.6 Å². The summed E-state index contributed by atoms with van der Waals surface area (Å²) in [6.45, 7) is 0.502. The monoisotopic (exact) mass is 257 g/mol. The van der Waals surface area contributed by atoms with Crippen LogP contribution in [0.4, 0.5) is 11.5 Å². The van der Waals surface area contributed by atoms with Gasteiger partial charge in [-0.2, -0.15) is 10.4 Å². The minimum Gasteiger partial charge on any atom is -0.497 e. The fraction of sp³-hybridized carbons (Fsp3) is 0.231. The van der Waals surface area contributed by atoms with Crippen molar-refractivity contribution in [3.05, 3.63) is 35.5 Å². The van der Waals surface area contributed by atoms with E-state index in [-0.39, 0.29) is 0 Å². The number of nitrogens with two attached hydrogens (primary N) is 1. The van der Waals surface area contributed by atoms with Crippen molar-refractivity contribution in [3.63, 3.8) is 0 Å². The molecule has 6 heteroatoms. The average molecular weight is 257 g/mol. The molecule has 0 amide bonds. The van der Waals surface area contributed by atoms with E-state index in [0.29, 0.717) is 29.4 Å². The van der Waals surface area contributed by atoms with Gasteiger partial charge in [0.05, 0.1) is 24.6 Å². The number of aromatic nitrogens is 2. The van der Waals surface area contributed by atoms with Crippen LogP contribution in [-0.4, -0.2) is 16.9 Å². The highest BCUT2D eigenvalue weighted by Crippen LogP contribution is 2.23. The van der Waals surface area contributed by atoms with Gasteiger partial charge in [0.15, 0.2) is 0 Å². The van der Waals surface area contributed by atoms with Crippen molar-refractivity contribution in [2.24, 2.45) is 7.05 Å². The first-order valence-electron chi connectivity index (χ1n) is 5.74. The third kappa shape index (κ3) is 2.60. The van der Waals surface area contributed by atoms with E-state index >= 15 is 0 Å². The van der Waals surface area contributed by atoms with Gasteiger partial charge in [0.2, 0.25) is 0 Å². The second kappa shape index (κ2) is 5.31. The Kier molecular flexibility index (Phi) is 3.57. The van der Waals surface area contributed by atoms with E-state index < -0.39 is 0 Å². The number of nitrogen functional groups attached to an aromatic ring is 1. The maximum absolute atomic E-state index is 9.07. The summed E-state index contributed by atoms with van der Waals surface area (Å²) in [5.74, 6) is 1.30. The molecular weight excluding hydrogens is 242 g/mol. The molecule has 0 aliphatic heterocycles. The fourth-order valence-corrected chi connectivity index (χ4v) is 1.71. The SMILES string of the molecule is COc1ccc(C#N)c(NCc2cnn(C)c2N)c1. The molecule has 98 valence electrons. The zero-order valence-electron chi connectivity index (χ0n) is 10.8. The van der Waals surface area contributed by atoms with Crippen LogP contribution in [0.1, 0.15) is 11.1 Å². The molecule has 0 aliphatic carbocycles. The molecule has 0 aliphatic rings. The maximum Gasteiger partial charge on any atom is 0.126 e. The lowest BCUT2D eigenvalue weighted by Crippen LogP contribution is -2.05. The lowest BCUT2D eigenvalue weighted by Gasteiger charge is -2.09. The predicted octanol–water partition coefficient (Wildman–Crippen LogP) is 1.49. The van der Waals surface area contributed by atoms with Crippen molar-refractivity contribution in [1.29, 1.82) is 5.26 Å². The second-order valence-electron chi connectivity index (χ2n) is 4.06. The number of nitrogens with one attached hydrogen (secondary N) is 1. The molecule has 0 spiro atoms. The first-order chi connectivity index (χ1) is 9.15. The molecule has 0 saturated carbocycles. The third-order valence-corrected chi connectivity index (χ3v) is 2.88. The molecule has 0 atom stereocenters. The first kappa shape index (κ1) is 12.8. The maximum atomic E-state index is 9.07. The van der Waals surface area contributed by atoms with Crippen LogP contribution in [0, 0.1) is 11.3 Å². The van der Waals surface area contributed by atoms with E-state index in [9.17, 15) is 0 Å². The van der Waals surface area contributed by atoms with Gasteiger partial charge in [-0.05, 0) is 12.1 Å². The van der Waals surface area contributed by atoms with Crippen molar-refractivity contribution in [3.8, 4) is 11.8 Å². The van der Waals surface area contributed by atoms with E-state index in [0.717, 1.165) is 5.56 Å². The van der Waals surface area contributed by atoms with Gasteiger partial charge in [0, 0.05) is 25.2 Å². The van der Waals surface area contributed by atoms with Crippen LogP contribution >= 0.6 is 0 Å². The van der Waals surface area contributed by atoms with E-state index in [1.54, 1.807) is 43.2 Å². The van der Waals surface area contributed by atoms with Crippen molar-refractivity contribution >= 4 is 11.5 Å². The van der Waals surface area contributed by atoms with Gasteiger partial charge < -0.3 is 15.8 Å². The standard InChI is InChI=1S/C13H15N5O/c1-18-13(15)10(8-17-18)7-16-12-5-11(19-2)4-3-9(12)6-14/h3-5,8,16H,7,15H2,1-2H3. The molecule has 1 aromatic heterocycles. The van der Waals surface area contributed by atoms with Gasteiger partial charge >= 0.3 is 0 Å². The van der Waals surface area contributed by atoms with Crippen LogP contribution < -0.4 is 15.8 Å². The summed E-state index contributed by atoms with van der Waals surface area (Å²) in [4.78, 5) is 0. The normalized spacial score (nSPS) is 9.95. The lowest BCUT2D eigenvalue weighted by atomic mass is 10.2. The Labute approximate surface area is 111 Å². The number of hydrogen-bond acceptors (Lipinski definition) is 5. The summed E-state index contributed by atoms with van der Waals surface area (Å²) in [7, 11) is 3.37. The van der Waals surface area contributed by atoms with Gasteiger partial charge in [-0.1, -0.05) is 0 Å². The lowest BCUT2D eigenvalue weighted by molar-refractivity contribution is 0.415. The van der Waals surface area contributed by atoms with Crippen molar-refractivity contribution in [2.75, 3.05) is 18.2 Å².